The smallest absolute Gasteiger partial charge is 0.0521 e. The van der Waals surface area contributed by atoms with Gasteiger partial charge in [0.25, 0.3) is 0 Å². The molecule has 0 radical (unpaired) electrons. The van der Waals surface area contributed by atoms with Gasteiger partial charge in [0, 0.05) is 17.3 Å². The molecule has 0 aliphatic carbocycles. The van der Waals surface area contributed by atoms with Crippen LogP contribution in [0.3, 0.4) is 0 Å². The fraction of sp³-hybridized carbons (Fsp3) is 0.143. The molecular formula is C28H25N. The minimum Gasteiger partial charge on any atom is -0.340 e. The third-order valence-electron chi connectivity index (χ3n) is 5.96. The zero-order chi connectivity index (χ0) is 20.0. The summed E-state index contributed by atoms with van der Waals surface area (Å²) in [4.78, 5) is 0. The Hall–Kier alpha value is -3.32. The lowest BCUT2D eigenvalue weighted by Crippen LogP contribution is -1.97. The maximum absolute atomic E-state index is 2.48. The Bertz CT molecular complexity index is 1220. The van der Waals surface area contributed by atoms with Gasteiger partial charge in [-0.1, -0.05) is 60.7 Å². The lowest BCUT2D eigenvalue weighted by atomic mass is 9.97. The van der Waals surface area contributed by atoms with Crippen molar-refractivity contribution in [2.45, 2.75) is 27.3 Å². The number of hydrogen-bond donors (Lipinski definition) is 0. The second-order valence-corrected chi connectivity index (χ2v) is 7.85. The van der Waals surface area contributed by atoms with Crippen LogP contribution < -0.4 is 0 Å². The topological polar surface area (TPSA) is 4.93 Å². The normalized spacial score (nSPS) is 11.4. The standard InChI is InChI=1S/C28H25N/c1-4-29-27-19(2)15-23(21-11-7-5-8-12-21)17-25(27)26-18-24(16-20(3)28(26)29)22-13-9-6-10-14-22/h5-18H,4H2,1-3H3. The van der Waals surface area contributed by atoms with Crippen LogP contribution >= 0.6 is 0 Å². The van der Waals surface area contributed by atoms with E-state index in [0.29, 0.717) is 0 Å². The van der Waals surface area contributed by atoms with Gasteiger partial charge in [-0.2, -0.15) is 0 Å². The second kappa shape index (κ2) is 6.93. The first kappa shape index (κ1) is 17.8. The van der Waals surface area contributed by atoms with Crippen LogP contribution in [0.1, 0.15) is 18.1 Å². The molecule has 0 atom stereocenters. The second-order valence-electron chi connectivity index (χ2n) is 7.85. The SMILES string of the molecule is CCn1c2c(C)cc(-c3ccccc3)cc2c2cc(-c3ccccc3)cc(C)c21. The van der Waals surface area contributed by atoms with E-state index in [2.05, 4.69) is 110 Å². The summed E-state index contributed by atoms with van der Waals surface area (Å²) in [7, 11) is 0. The first-order chi connectivity index (χ1) is 14.2. The first-order valence-corrected chi connectivity index (χ1v) is 10.4. The molecule has 0 saturated carbocycles. The molecule has 4 aromatic carbocycles. The van der Waals surface area contributed by atoms with E-state index in [0.717, 1.165) is 6.54 Å². The Balaban J connectivity index is 1.88. The molecule has 0 amide bonds. The van der Waals surface area contributed by atoms with Crippen LogP contribution in [0.5, 0.6) is 0 Å². The molecular weight excluding hydrogens is 350 g/mol. The highest BCUT2D eigenvalue weighted by atomic mass is 15.0. The average molecular weight is 376 g/mol. The number of aryl methyl sites for hydroxylation is 3. The molecule has 5 aromatic rings. The van der Waals surface area contributed by atoms with E-state index in [4.69, 9.17) is 0 Å². The highest BCUT2D eigenvalue weighted by molar-refractivity contribution is 6.12. The van der Waals surface area contributed by atoms with Crippen molar-refractivity contribution in [3.8, 4) is 22.3 Å². The summed E-state index contributed by atoms with van der Waals surface area (Å²) in [5.74, 6) is 0. The van der Waals surface area contributed by atoms with Crippen molar-refractivity contribution in [2.75, 3.05) is 0 Å². The van der Waals surface area contributed by atoms with E-state index in [1.165, 1.54) is 55.2 Å². The van der Waals surface area contributed by atoms with Crippen molar-refractivity contribution in [1.29, 1.82) is 0 Å². The molecule has 0 bridgehead atoms. The zero-order valence-electron chi connectivity index (χ0n) is 17.2. The number of aromatic nitrogens is 1. The average Bonchev–Trinajstić information content (AvgIpc) is 3.10. The van der Waals surface area contributed by atoms with Crippen molar-refractivity contribution in [3.63, 3.8) is 0 Å². The molecule has 1 heteroatoms. The molecule has 0 unspecified atom stereocenters. The van der Waals surface area contributed by atoms with Gasteiger partial charge >= 0.3 is 0 Å². The maximum atomic E-state index is 2.48. The Labute approximate surface area is 172 Å². The van der Waals surface area contributed by atoms with Gasteiger partial charge in [0.2, 0.25) is 0 Å². The number of nitrogens with zero attached hydrogens (tertiary/aromatic N) is 1. The highest BCUT2D eigenvalue weighted by Crippen LogP contribution is 2.38. The molecule has 142 valence electrons. The molecule has 0 saturated heterocycles. The van der Waals surface area contributed by atoms with Crippen LogP contribution in [-0.4, -0.2) is 4.57 Å². The van der Waals surface area contributed by atoms with Crippen molar-refractivity contribution < 1.29 is 0 Å². The van der Waals surface area contributed by atoms with Crippen LogP contribution in [0.4, 0.5) is 0 Å². The molecule has 1 nitrogen and oxygen atoms in total. The van der Waals surface area contributed by atoms with E-state index < -0.39 is 0 Å². The zero-order valence-corrected chi connectivity index (χ0v) is 17.2. The lowest BCUT2D eigenvalue weighted by molar-refractivity contribution is 0.822. The van der Waals surface area contributed by atoms with E-state index >= 15 is 0 Å². The third kappa shape index (κ3) is 2.86. The molecule has 29 heavy (non-hydrogen) atoms. The number of rotatable bonds is 3. The summed E-state index contributed by atoms with van der Waals surface area (Å²) >= 11 is 0. The van der Waals surface area contributed by atoms with Crippen LogP contribution in [-0.2, 0) is 6.54 Å². The maximum Gasteiger partial charge on any atom is 0.0521 e. The molecule has 1 heterocycles. The van der Waals surface area contributed by atoms with Crippen LogP contribution in [0.2, 0.25) is 0 Å². The van der Waals surface area contributed by atoms with Crippen LogP contribution in [0.25, 0.3) is 44.1 Å². The summed E-state index contributed by atoms with van der Waals surface area (Å²) in [6.07, 6.45) is 0. The highest BCUT2D eigenvalue weighted by Gasteiger charge is 2.16. The van der Waals surface area contributed by atoms with Gasteiger partial charge in [0.05, 0.1) is 11.0 Å². The molecule has 0 aliphatic rings. The first-order valence-electron chi connectivity index (χ1n) is 10.4. The predicted molar refractivity (Wildman–Crippen MR) is 125 cm³/mol. The van der Waals surface area contributed by atoms with E-state index in [-0.39, 0.29) is 0 Å². The van der Waals surface area contributed by atoms with Gasteiger partial charge in [-0.15, -0.1) is 0 Å². The van der Waals surface area contributed by atoms with E-state index in [1.807, 2.05) is 0 Å². The molecule has 0 fully saturated rings. The van der Waals surface area contributed by atoms with Crippen LogP contribution in [0.15, 0.2) is 84.9 Å². The Morgan fingerprint density at radius 3 is 1.34 bits per heavy atom. The summed E-state index contributed by atoms with van der Waals surface area (Å²) in [5.41, 5.74) is 10.5. The molecule has 0 N–H and O–H groups in total. The van der Waals surface area contributed by atoms with Crippen molar-refractivity contribution in [2.24, 2.45) is 0 Å². The van der Waals surface area contributed by atoms with Crippen molar-refractivity contribution >= 4 is 21.8 Å². The predicted octanol–water partition coefficient (Wildman–Crippen LogP) is 7.77. The third-order valence-corrected chi connectivity index (χ3v) is 5.96. The minimum atomic E-state index is 0.969. The molecule has 5 rings (SSSR count). The molecule has 1 aromatic heterocycles. The van der Waals surface area contributed by atoms with Crippen LogP contribution in [0, 0.1) is 13.8 Å². The Morgan fingerprint density at radius 2 is 0.966 bits per heavy atom. The molecule has 0 spiro atoms. The van der Waals surface area contributed by atoms with Crippen molar-refractivity contribution in [1.82, 2.24) is 4.57 Å². The Morgan fingerprint density at radius 1 is 0.552 bits per heavy atom. The fourth-order valence-electron chi connectivity index (χ4n) is 4.71. The number of fused-ring (bicyclic) bond motifs is 3. The summed E-state index contributed by atoms with van der Waals surface area (Å²) in [5, 5.41) is 2.70. The van der Waals surface area contributed by atoms with Gasteiger partial charge in [-0.25, -0.2) is 0 Å². The quantitative estimate of drug-likeness (QED) is 0.303. The minimum absolute atomic E-state index is 0.969. The van der Waals surface area contributed by atoms with Gasteiger partial charge < -0.3 is 4.57 Å². The number of hydrogen-bond acceptors (Lipinski definition) is 0. The summed E-state index contributed by atoms with van der Waals surface area (Å²) in [6, 6.07) is 30.8. The fourth-order valence-corrected chi connectivity index (χ4v) is 4.71. The Kier molecular flexibility index (Phi) is 4.24. The summed E-state index contributed by atoms with van der Waals surface area (Å²) in [6.45, 7) is 7.70. The number of benzene rings is 4. The summed E-state index contributed by atoms with van der Waals surface area (Å²) < 4.78 is 2.48. The lowest BCUT2D eigenvalue weighted by Gasteiger charge is -2.10. The van der Waals surface area contributed by atoms with E-state index in [1.54, 1.807) is 0 Å². The van der Waals surface area contributed by atoms with Gasteiger partial charge in [0.1, 0.15) is 0 Å². The largest absolute Gasteiger partial charge is 0.340 e. The van der Waals surface area contributed by atoms with Gasteiger partial charge in [-0.3, -0.25) is 0 Å². The monoisotopic (exact) mass is 375 g/mol. The van der Waals surface area contributed by atoms with Gasteiger partial charge in [0.15, 0.2) is 0 Å². The van der Waals surface area contributed by atoms with Gasteiger partial charge in [-0.05, 0) is 78.4 Å². The van der Waals surface area contributed by atoms with Crippen molar-refractivity contribution in [3.05, 3.63) is 96.1 Å². The molecule has 0 aliphatic heterocycles. The van der Waals surface area contributed by atoms with E-state index in [9.17, 15) is 0 Å².